The van der Waals surface area contributed by atoms with Crippen molar-refractivity contribution in [2.24, 2.45) is 0 Å². The maximum atomic E-state index is 10.2. The van der Waals surface area contributed by atoms with E-state index in [0.717, 1.165) is 0 Å². The Labute approximate surface area is 252 Å². The second-order valence-corrected chi connectivity index (χ2v) is 12.5. The molecule has 0 aromatic carbocycles. The third-order valence-corrected chi connectivity index (χ3v) is 8.58. The molecule has 0 unspecified atom stereocenters. The monoisotopic (exact) mass is 561 g/mol. The van der Waals surface area contributed by atoms with E-state index >= 15 is 0 Å². The third-order valence-electron chi connectivity index (χ3n) is 8.58. The van der Waals surface area contributed by atoms with E-state index in [1.807, 2.05) is 0 Å². The summed E-state index contributed by atoms with van der Waals surface area (Å²) in [5, 5.41) is 10.2. The molecule has 1 heterocycles. The summed E-state index contributed by atoms with van der Waals surface area (Å²) < 4.78 is 1.48. The molecule has 0 spiro atoms. The molecule has 0 amide bonds. The minimum atomic E-state index is -0.178. The fourth-order valence-corrected chi connectivity index (χ4v) is 5.93. The van der Waals surface area contributed by atoms with Crippen molar-refractivity contribution in [2.75, 3.05) is 26.2 Å². The highest BCUT2D eigenvalue weighted by molar-refractivity contribution is 5.04. The van der Waals surface area contributed by atoms with Gasteiger partial charge in [0.2, 0.25) is 0 Å². The second kappa shape index (κ2) is 30.9. The Bertz CT molecular complexity index is 522. The first kappa shape index (κ1) is 38.9. The molecular weight excluding hydrogens is 488 g/mol. The molecule has 3 heteroatoms. The standard InChI is InChI=1S/C32H68N.C5H5NO/c1-5-9-13-17-21-25-29-33(30-26-22-18-14-10-6-2,31-27-23-19-15-11-7-3)32-28-24-20-16-12-8-4;7-5-3-1-2-4-6-5/h5-32H2,1-4H3;1-4H,(H,6,7)/q+1;/p-1. The summed E-state index contributed by atoms with van der Waals surface area (Å²) in [6.07, 6.45) is 36.2. The lowest BCUT2D eigenvalue weighted by atomic mass is 10.0. The van der Waals surface area contributed by atoms with Gasteiger partial charge in [-0.2, -0.15) is 0 Å². The van der Waals surface area contributed by atoms with Crippen LogP contribution in [-0.4, -0.2) is 35.6 Å². The zero-order chi connectivity index (χ0) is 29.4. The van der Waals surface area contributed by atoms with Crippen LogP contribution in [0.25, 0.3) is 0 Å². The first-order valence-corrected chi connectivity index (χ1v) is 18.1. The van der Waals surface area contributed by atoms with Crippen molar-refractivity contribution in [3.8, 4) is 5.88 Å². The number of unbranched alkanes of at least 4 members (excludes halogenated alkanes) is 20. The number of rotatable bonds is 28. The Balaban J connectivity index is 0.00000187. The molecule has 1 aromatic rings. The lowest BCUT2D eigenvalue weighted by molar-refractivity contribution is -0.929. The molecule has 0 aliphatic heterocycles. The van der Waals surface area contributed by atoms with Crippen molar-refractivity contribution in [3.05, 3.63) is 24.4 Å². The molecule has 0 aliphatic rings. The summed E-state index contributed by atoms with van der Waals surface area (Å²) >= 11 is 0. The van der Waals surface area contributed by atoms with Crippen molar-refractivity contribution in [2.45, 2.75) is 182 Å². The van der Waals surface area contributed by atoms with E-state index in [-0.39, 0.29) is 5.88 Å². The van der Waals surface area contributed by atoms with E-state index in [9.17, 15) is 5.11 Å². The first-order chi connectivity index (χ1) is 19.6. The van der Waals surface area contributed by atoms with Gasteiger partial charge in [-0.05, 0) is 63.3 Å². The van der Waals surface area contributed by atoms with E-state index in [4.69, 9.17) is 0 Å². The Hall–Kier alpha value is -1.09. The zero-order valence-corrected chi connectivity index (χ0v) is 27.9. The van der Waals surface area contributed by atoms with Crippen molar-refractivity contribution in [1.29, 1.82) is 0 Å². The van der Waals surface area contributed by atoms with Gasteiger partial charge in [0.25, 0.3) is 0 Å². The minimum Gasteiger partial charge on any atom is -0.859 e. The highest BCUT2D eigenvalue weighted by Crippen LogP contribution is 2.20. The number of hydrogen-bond acceptors (Lipinski definition) is 2. The van der Waals surface area contributed by atoms with Gasteiger partial charge in [0.05, 0.1) is 26.2 Å². The van der Waals surface area contributed by atoms with Gasteiger partial charge in [-0.3, -0.25) is 4.98 Å². The molecule has 3 nitrogen and oxygen atoms in total. The average Bonchev–Trinajstić information content (AvgIpc) is 2.97. The molecular formula is C37H72N2O. The van der Waals surface area contributed by atoms with E-state index in [1.54, 1.807) is 12.1 Å². The highest BCUT2D eigenvalue weighted by Gasteiger charge is 2.25. The zero-order valence-electron chi connectivity index (χ0n) is 27.9. The molecule has 0 radical (unpaired) electrons. The van der Waals surface area contributed by atoms with Gasteiger partial charge in [-0.15, -0.1) is 0 Å². The maximum Gasteiger partial charge on any atom is 0.0786 e. The van der Waals surface area contributed by atoms with Gasteiger partial charge in [-0.25, -0.2) is 0 Å². The van der Waals surface area contributed by atoms with E-state index in [0.29, 0.717) is 0 Å². The van der Waals surface area contributed by atoms with Crippen LogP contribution in [-0.2, 0) is 0 Å². The predicted molar refractivity (Wildman–Crippen MR) is 177 cm³/mol. The molecule has 236 valence electrons. The fraction of sp³-hybridized carbons (Fsp3) is 0.865. The number of pyridine rings is 1. The SMILES string of the molecule is CCCCCCCC[N+](CCCCCCCC)(CCCCCCCC)CCCCCCCC.[O-]c1ccccn1. The molecule has 0 saturated heterocycles. The minimum absolute atomic E-state index is 0.178. The van der Waals surface area contributed by atoms with Crippen LogP contribution in [0.3, 0.4) is 0 Å². The van der Waals surface area contributed by atoms with Crippen molar-refractivity contribution in [3.63, 3.8) is 0 Å². The van der Waals surface area contributed by atoms with Crippen LogP contribution < -0.4 is 5.11 Å². The smallest absolute Gasteiger partial charge is 0.0786 e. The highest BCUT2D eigenvalue weighted by atomic mass is 16.3. The van der Waals surface area contributed by atoms with Gasteiger partial charge >= 0.3 is 0 Å². The molecule has 1 aromatic heterocycles. The summed E-state index contributed by atoms with van der Waals surface area (Å²) in [6.45, 7) is 15.3. The van der Waals surface area contributed by atoms with Crippen LogP contribution >= 0.6 is 0 Å². The molecule has 0 saturated carbocycles. The Morgan fingerprint density at radius 2 is 0.750 bits per heavy atom. The van der Waals surface area contributed by atoms with Gasteiger partial charge in [0, 0.05) is 6.20 Å². The average molecular weight is 561 g/mol. The Kier molecular flexibility index (Phi) is 30.0. The van der Waals surface area contributed by atoms with E-state index in [1.165, 1.54) is 197 Å². The maximum absolute atomic E-state index is 10.2. The summed E-state index contributed by atoms with van der Waals surface area (Å²) in [7, 11) is 0. The number of nitrogens with zero attached hydrogens (tertiary/aromatic N) is 2. The third kappa shape index (κ3) is 25.8. The number of quaternary nitrogens is 1. The molecule has 0 fully saturated rings. The topological polar surface area (TPSA) is 36.0 Å². The Morgan fingerprint density at radius 3 is 0.975 bits per heavy atom. The normalized spacial score (nSPS) is 11.4. The van der Waals surface area contributed by atoms with Crippen LogP contribution in [0, 0.1) is 0 Å². The van der Waals surface area contributed by atoms with E-state index < -0.39 is 0 Å². The summed E-state index contributed by atoms with van der Waals surface area (Å²) in [4.78, 5) is 3.42. The Morgan fingerprint density at radius 1 is 0.450 bits per heavy atom. The molecule has 0 atom stereocenters. The molecule has 0 bridgehead atoms. The van der Waals surface area contributed by atoms with Gasteiger partial charge in [0.15, 0.2) is 0 Å². The molecule has 0 aliphatic carbocycles. The lowest BCUT2D eigenvalue weighted by Crippen LogP contribution is -2.50. The fourth-order valence-electron chi connectivity index (χ4n) is 5.93. The summed E-state index contributed by atoms with van der Waals surface area (Å²) in [5.74, 6) is -0.178. The number of hydrogen-bond donors (Lipinski definition) is 0. The number of aromatic nitrogens is 1. The van der Waals surface area contributed by atoms with E-state index in [2.05, 4.69) is 32.7 Å². The van der Waals surface area contributed by atoms with Crippen LogP contribution in [0.5, 0.6) is 5.88 Å². The van der Waals surface area contributed by atoms with Crippen LogP contribution in [0.2, 0.25) is 0 Å². The first-order valence-electron chi connectivity index (χ1n) is 18.1. The van der Waals surface area contributed by atoms with Crippen LogP contribution in [0.15, 0.2) is 24.4 Å². The van der Waals surface area contributed by atoms with Crippen LogP contribution in [0.1, 0.15) is 182 Å². The second-order valence-electron chi connectivity index (χ2n) is 12.5. The van der Waals surface area contributed by atoms with Crippen molar-refractivity contribution < 1.29 is 9.59 Å². The predicted octanol–water partition coefficient (Wildman–Crippen LogP) is 11.4. The summed E-state index contributed by atoms with van der Waals surface area (Å²) in [6, 6.07) is 4.79. The quantitative estimate of drug-likeness (QED) is 0.0754. The lowest BCUT2D eigenvalue weighted by Gasteiger charge is -2.40. The van der Waals surface area contributed by atoms with Crippen molar-refractivity contribution in [1.82, 2.24) is 4.98 Å². The summed E-state index contributed by atoms with van der Waals surface area (Å²) in [5.41, 5.74) is 0. The van der Waals surface area contributed by atoms with Gasteiger partial charge in [0.1, 0.15) is 0 Å². The van der Waals surface area contributed by atoms with Gasteiger partial charge < -0.3 is 9.59 Å². The van der Waals surface area contributed by atoms with Gasteiger partial charge in [-0.1, -0.05) is 143 Å². The molecule has 0 N–H and O–H groups in total. The molecule has 1 rings (SSSR count). The van der Waals surface area contributed by atoms with Crippen LogP contribution in [0.4, 0.5) is 0 Å². The largest absolute Gasteiger partial charge is 0.859 e. The van der Waals surface area contributed by atoms with Crippen molar-refractivity contribution >= 4 is 0 Å². The molecule has 40 heavy (non-hydrogen) atoms.